The van der Waals surface area contributed by atoms with Crippen LogP contribution in [0, 0.1) is 12.8 Å². The molecule has 5 nitrogen and oxygen atoms in total. The number of ether oxygens (including phenoxy) is 1. The van der Waals surface area contributed by atoms with Gasteiger partial charge in [0.15, 0.2) is 5.96 Å². The van der Waals surface area contributed by atoms with E-state index in [-0.39, 0.29) is 24.0 Å². The normalized spacial score (nSPS) is 17.0. The van der Waals surface area contributed by atoms with Crippen molar-refractivity contribution in [3.05, 3.63) is 59.5 Å². The maximum atomic E-state index is 5.45. The van der Waals surface area contributed by atoms with Crippen LogP contribution in [0.25, 0.3) is 0 Å². The van der Waals surface area contributed by atoms with Crippen molar-refractivity contribution >= 4 is 29.9 Å². The molecule has 3 rings (SSSR count). The number of hydrogen-bond donors (Lipinski definition) is 2. The summed E-state index contributed by atoms with van der Waals surface area (Å²) in [6.45, 7) is 6.18. The Kier molecular flexibility index (Phi) is 8.97. The van der Waals surface area contributed by atoms with Crippen molar-refractivity contribution in [2.45, 2.75) is 26.3 Å². The highest BCUT2D eigenvalue weighted by Gasteiger charge is 2.15. The van der Waals surface area contributed by atoms with E-state index in [1.807, 2.05) is 12.1 Å². The fourth-order valence-corrected chi connectivity index (χ4v) is 2.87. The summed E-state index contributed by atoms with van der Waals surface area (Å²) in [7, 11) is 0. The Morgan fingerprint density at radius 2 is 2.08 bits per heavy atom. The molecule has 142 valence electrons. The van der Waals surface area contributed by atoms with Crippen LogP contribution in [0.15, 0.2) is 52.1 Å². The van der Waals surface area contributed by atoms with Crippen molar-refractivity contribution in [1.29, 1.82) is 0 Å². The molecule has 0 aliphatic carbocycles. The summed E-state index contributed by atoms with van der Waals surface area (Å²) in [5, 5.41) is 6.87. The lowest BCUT2D eigenvalue weighted by atomic mass is 10.1. The number of benzene rings is 1. The van der Waals surface area contributed by atoms with Gasteiger partial charge in [-0.05, 0) is 36.6 Å². The number of guanidine groups is 1. The first-order valence-corrected chi connectivity index (χ1v) is 8.98. The number of aliphatic imine (C=N–C) groups is 1. The van der Waals surface area contributed by atoms with Gasteiger partial charge in [-0.25, -0.2) is 4.99 Å². The smallest absolute Gasteiger partial charge is 0.191 e. The zero-order valence-electron chi connectivity index (χ0n) is 15.2. The lowest BCUT2D eigenvalue weighted by Gasteiger charge is -2.15. The second kappa shape index (κ2) is 11.2. The first-order chi connectivity index (χ1) is 12.3. The van der Waals surface area contributed by atoms with Crippen LogP contribution >= 0.6 is 24.0 Å². The Hall–Kier alpha value is -1.54. The number of nitrogens with zero attached hydrogens (tertiary/aromatic N) is 1. The maximum Gasteiger partial charge on any atom is 0.191 e. The van der Waals surface area contributed by atoms with Gasteiger partial charge in [-0.3, -0.25) is 0 Å². The molecule has 1 atom stereocenters. The molecule has 0 amide bonds. The Morgan fingerprint density at radius 1 is 1.19 bits per heavy atom. The maximum absolute atomic E-state index is 5.45. The minimum absolute atomic E-state index is 0. The van der Waals surface area contributed by atoms with Crippen LogP contribution < -0.4 is 10.6 Å². The van der Waals surface area contributed by atoms with Crippen molar-refractivity contribution in [3.8, 4) is 0 Å². The second-order valence-electron chi connectivity index (χ2n) is 6.46. The van der Waals surface area contributed by atoms with Gasteiger partial charge in [0.05, 0.1) is 19.4 Å². The third kappa shape index (κ3) is 6.64. The van der Waals surface area contributed by atoms with E-state index in [0.717, 1.165) is 50.9 Å². The molecule has 2 N–H and O–H groups in total. The molecule has 6 heteroatoms. The first kappa shape index (κ1) is 20.8. The lowest BCUT2D eigenvalue weighted by molar-refractivity contribution is 0.186. The van der Waals surface area contributed by atoms with E-state index >= 15 is 0 Å². The minimum Gasteiger partial charge on any atom is -0.469 e. The molecule has 1 aliphatic rings. The Labute approximate surface area is 172 Å². The molecule has 1 aromatic heterocycles. The summed E-state index contributed by atoms with van der Waals surface area (Å²) in [5.41, 5.74) is 2.52. The Morgan fingerprint density at radius 3 is 2.81 bits per heavy atom. The van der Waals surface area contributed by atoms with E-state index < -0.39 is 0 Å². The van der Waals surface area contributed by atoms with Gasteiger partial charge in [0.2, 0.25) is 0 Å². The third-order valence-corrected chi connectivity index (χ3v) is 4.49. The number of rotatable bonds is 7. The van der Waals surface area contributed by atoms with Crippen molar-refractivity contribution in [3.63, 3.8) is 0 Å². The van der Waals surface area contributed by atoms with Gasteiger partial charge in [0, 0.05) is 32.0 Å². The van der Waals surface area contributed by atoms with Gasteiger partial charge in [0.25, 0.3) is 0 Å². The average Bonchev–Trinajstić information content (AvgIpc) is 3.32. The lowest BCUT2D eigenvalue weighted by Crippen LogP contribution is -2.40. The van der Waals surface area contributed by atoms with Crippen LogP contribution in [-0.2, 0) is 17.7 Å². The summed E-state index contributed by atoms with van der Waals surface area (Å²) in [4.78, 5) is 4.76. The molecule has 2 aromatic rings. The van der Waals surface area contributed by atoms with Crippen LogP contribution in [0.5, 0.6) is 0 Å². The van der Waals surface area contributed by atoms with Crippen LogP contribution in [0.3, 0.4) is 0 Å². The molecule has 1 fully saturated rings. The summed E-state index contributed by atoms with van der Waals surface area (Å²) in [6.07, 6.45) is 3.66. The standard InChI is InChI=1S/C20H27N3O2.HI/c1-16-5-2-3-6-18(16)14-23-20(22-13-17-9-12-24-15-17)21-10-8-19-7-4-11-25-19;/h2-7,11,17H,8-10,12-15H2,1H3,(H2,21,22,23);1H. The molecular weight excluding hydrogens is 441 g/mol. The van der Waals surface area contributed by atoms with Gasteiger partial charge in [-0.15, -0.1) is 24.0 Å². The van der Waals surface area contributed by atoms with Gasteiger partial charge in [-0.1, -0.05) is 24.3 Å². The highest BCUT2D eigenvalue weighted by molar-refractivity contribution is 14.0. The van der Waals surface area contributed by atoms with Crippen LogP contribution in [0.4, 0.5) is 0 Å². The Bertz CT molecular complexity index is 667. The van der Waals surface area contributed by atoms with Gasteiger partial charge in [0.1, 0.15) is 5.76 Å². The van der Waals surface area contributed by atoms with Crippen LogP contribution in [0.1, 0.15) is 23.3 Å². The summed E-state index contributed by atoms with van der Waals surface area (Å²) >= 11 is 0. The van der Waals surface area contributed by atoms with E-state index in [1.165, 1.54) is 11.1 Å². The van der Waals surface area contributed by atoms with E-state index in [0.29, 0.717) is 12.5 Å². The highest BCUT2D eigenvalue weighted by Crippen LogP contribution is 2.11. The van der Waals surface area contributed by atoms with Crippen molar-refractivity contribution in [1.82, 2.24) is 10.6 Å². The molecule has 1 aliphatic heterocycles. The topological polar surface area (TPSA) is 58.8 Å². The Balaban J connectivity index is 0.00000243. The molecule has 26 heavy (non-hydrogen) atoms. The fraction of sp³-hybridized carbons (Fsp3) is 0.450. The summed E-state index contributed by atoms with van der Waals surface area (Å²) in [6, 6.07) is 12.3. The SMILES string of the molecule is Cc1ccccc1CN=C(NCCc1ccco1)NCC1CCOC1.I. The van der Waals surface area contributed by atoms with E-state index in [1.54, 1.807) is 6.26 Å². The molecule has 0 radical (unpaired) electrons. The van der Waals surface area contributed by atoms with Crippen LogP contribution in [-0.4, -0.2) is 32.3 Å². The molecule has 0 saturated carbocycles. The molecule has 0 spiro atoms. The molecular formula is C20H28IN3O2. The quantitative estimate of drug-likeness (QED) is 0.370. The monoisotopic (exact) mass is 469 g/mol. The number of furan rings is 1. The predicted molar refractivity (Wildman–Crippen MR) is 115 cm³/mol. The number of hydrogen-bond acceptors (Lipinski definition) is 3. The molecule has 0 bridgehead atoms. The van der Waals surface area contributed by atoms with Gasteiger partial charge < -0.3 is 19.8 Å². The predicted octanol–water partition coefficient (Wildman–Crippen LogP) is 3.52. The zero-order valence-corrected chi connectivity index (χ0v) is 17.6. The van der Waals surface area contributed by atoms with E-state index in [9.17, 15) is 0 Å². The summed E-state index contributed by atoms with van der Waals surface area (Å²) in [5.74, 6) is 2.40. The third-order valence-electron chi connectivity index (χ3n) is 4.49. The van der Waals surface area contributed by atoms with E-state index in [4.69, 9.17) is 14.1 Å². The highest BCUT2D eigenvalue weighted by atomic mass is 127. The second-order valence-corrected chi connectivity index (χ2v) is 6.46. The van der Waals surface area contributed by atoms with Gasteiger partial charge >= 0.3 is 0 Å². The van der Waals surface area contributed by atoms with Crippen LogP contribution in [0.2, 0.25) is 0 Å². The number of nitrogens with one attached hydrogen (secondary N) is 2. The molecule has 1 aromatic carbocycles. The molecule has 2 heterocycles. The van der Waals surface area contributed by atoms with Crippen molar-refractivity contribution < 1.29 is 9.15 Å². The van der Waals surface area contributed by atoms with Crippen molar-refractivity contribution in [2.75, 3.05) is 26.3 Å². The summed E-state index contributed by atoms with van der Waals surface area (Å²) < 4.78 is 10.8. The number of aryl methyl sites for hydroxylation is 1. The van der Waals surface area contributed by atoms with Gasteiger partial charge in [-0.2, -0.15) is 0 Å². The molecule has 1 unspecified atom stereocenters. The van der Waals surface area contributed by atoms with E-state index in [2.05, 4.69) is 41.8 Å². The average molecular weight is 469 g/mol. The zero-order chi connectivity index (χ0) is 17.3. The molecule has 1 saturated heterocycles. The fourth-order valence-electron chi connectivity index (χ4n) is 2.87. The largest absolute Gasteiger partial charge is 0.469 e. The minimum atomic E-state index is 0. The first-order valence-electron chi connectivity index (χ1n) is 8.98. The van der Waals surface area contributed by atoms with Crippen molar-refractivity contribution in [2.24, 2.45) is 10.9 Å². The number of halogens is 1.